The fourth-order valence-corrected chi connectivity index (χ4v) is 2.70. The van der Waals surface area contributed by atoms with E-state index in [1.807, 2.05) is 0 Å². The van der Waals surface area contributed by atoms with Gasteiger partial charge >= 0.3 is 5.97 Å². The van der Waals surface area contributed by atoms with Gasteiger partial charge < -0.3 is 16.2 Å². The molecule has 0 atom stereocenters. The van der Waals surface area contributed by atoms with E-state index in [1.165, 1.54) is 16.4 Å². The van der Waals surface area contributed by atoms with Crippen LogP contribution in [0.2, 0.25) is 0 Å². The third-order valence-electron chi connectivity index (χ3n) is 3.23. The predicted molar refractivity (Wildman–Crippen MR) is 86.5 cm³/mol. The van der Waals surface area contributed by atoms with Crippen LogP contribution >= 0.6 is 11.8 Å². The quantitative estimate of drug-likeness (QED) is 0.614. The molecule has 0 aliphatic heterocycles. The number of anilines is 2. The molecule has 2 aromatic heterocycles. The van der Waals surface area contributed by atoms with Crippen LogP contribution in [0, 0.1) is 6.92 Å². The Morgan fingerprint density at radius 3 is 2.35 bits per heavy atom. The molecule has 0 aliphatic rings. The first-order valence-electron chi connectivity index (χ1n) is 6.76. The molecule has 0 amide bonds. The molecule has 23 heavy (non-hydrogen) atoms. The van der Waals surface area contributed by atoms with Crippen molar-refractivity contribution in [2.75, 3.05) is 24.3 Å². The standard InChI is InChI=1S/C13H18N6O3S/c1-5-22-13(21)8-10(15)19(17-11(8)23-4)12(20)7-6(2)16-18(3)9(7)14/h5,14-15H2,1-4H3. The van der Waals surface area contributed by atoms with Crippen molar-refractivity contribution in [3.05, 3.63) is 16.8 Å². The van der Waals surface area contributed by atoms with Crippen molar-refractivity contribution >= 4 is 35.3 Å². The molecule has 2 heterocycles. The zero-order chi connectivity index (χ0) is 17.3. The van der Waals surface area contributed by atoms with Crippen molar-refractivity contribution in [1.29, 1.82) is 0 Å². The molecule has 4 N–H and O–H groups in total. The number of nitrogen functional groups attached to an aromatic ring is 2. The summed E-state index contributed by atoms with van der Waals surface area (Å²) >= 11 is 1.19. The molecule has 124 valence electrons. The van der Waals surface area contributed by atoms with Crippen LogP contribution < -0.4 is 11.5 Å². The molecule has 2 rings (SSSR count). The molecule has 0 radical (unpaired) electrons. The molecule has 2 aromatic rings. The second-order valence-corrected chi connectivity index (χ2v) is 5.47. The van der Waals surface area contributed by atoms with E-state index in [2.05, 4.69) is 10.2 Å². The molecule has 0 aromatic carbocycles. The third-order valence-corrected chi connectivity index (χ3v) is 3.91. The Balaban J connectivity index is 2.56. The molecule has 0 fully saturated rings. The van der Waals surface area contributed by atoms with E-state index in [9.17, 15) is 9.59 Å². The minimum atomic E-state index is -0.621. The van der Waals surface area contributed by atoms with Crippen LogP contribution in [0.3, 0.4) is 0 Å². The van der Waals surface area contributed by atoms with Gasteiger partial charge in [-0.1, -0.05) is 0 Å². The first kappa shape index (κ1) is 16.9. The van der Waals surface area contributed by atoms with E-state index >= 15 is 0 Å². The molecular formula is C13H18N6O3S. The summed E-state index contributed by atoms with van der Waals surface area (Å²) in [4.78, 5) is 24.7. The molecule has 10 heteroatoms. The van der Waals surface area contributed by atoms with Gasteiger partial charge in [-0.05, 0) is 20.1 Å². The Bertz CT molecular complexity index is 779. The highest BCUT2D eigenvalue weighted by Gasteiger charge is 2.29. The highest BCUT2D eigenvalue weighted by atomic mass is 32.2. The van der Waals surface area contributed by atoms with Gasteiger partial charge in [-0.2, -0.15) is 14.9 Å². The summed E-state index contributed by atoms with van der Waals surface area (Å²) < 4.78 is 7.31. The number of rotatable bonds is 4. The Morgan fingerprint density at radius 1 is 1.22 bits per heavy atom. The largest absolute Gasteiger partial charge is 0.462 e. The van der Waals surface area contributed by atoms with E-state index in [0.717, 1.165) is 4.68 Å². The van der Waals surface area contributed by atoms with Gasteiger partial charge in [0.25, 0.3) is 5.91 Å². The first-order chi connectivity index (χ1) is 10.8. The highest BCUT2D eigenvalue weighted by Crippen LogP contribution is 2.27. The van der Waals surface area contributed by atoms with Gasteiger partial charge in [0.1, 0.15) is 27.8 Å². The van der Waals surface area contributed by atoms with Crippen LogP contribution in [0.15, 0.2) is 5.03 Å². The number of ether oxygens (including phenoxy) is 1. The lowest BCUT2D eigenvalue weighted by Gasteiger charge is -2.04. The Hall–Kier alpha value is -2.49. The van der Waals surface area contributed by atoms with E-state index < -0.39 is 11.9 Å². The van der Waals surface area contributed by atoms with Gasteiger partial charge in [-0.15, -0.1) is 11.8 Å². The minimum Gasteiger partial charge on any atom is -0.462 e. The summed E-state index contributed by atoms with van der Waals surface area (Å²) in [5.41, 5.74) is 12.6. The van der Waals surface area contributed by atoms with Gasteiger partial charge in [0.05, 0.1) is 12.3 Å². The van der Waals surface area contributed by atoms with Crippen LogP contribution in [0.1, 0.15) is 33.3 Å². The van der Waals surface area contributed by atoms with Gasteiger partial charge in [0.2, 0.25) is 0 Å². The molecule has 0 bridgehead atoms. The topological polar surface area (TPSA) is 131 Å². The van der Waals surface area contributed by atoms with Crippen LogP contribution in [0.4, 0.5) is 11.6 Å². The average Bonchev–Trinajstić information content (AvgIpc) is 2.96. The summed E-state index contributed by atoms with van der Waals surface area (Å²) in [7, 11) is 1.63. The number of nitrogens with two attached hydrogens (primary N) is 2. The number of nitrogens with zero attached hydrogens (tertiary/aromatic N) is 4. The molecule has 0 aliphatic carbocycles. The Kier molecular flexibility index (Phi) is 4.64. The van der Waals surface area contributed by atoms with Gasteiger partial charge in [0, 0.05) is 7.05 Å². The summed E-state index contributed by atoms with van der Waals surface area (Å²) in [6, 6.07) is 0. The maximum atomic E-state index is 12.7. The minimum absolute atomic E-state index is 0.0767. The van der Waals surface area contributed by atoms with Gasteiger partial charge in [-0.3, -0.25) is 9.48 Å². The molecular weight excluding hydrogens is 320 g/mol. The van der Waals surface area contributed by atoms with Crippen molar-refractivity contribution in [2.24, 2.45) is 7.05 Å². The monoisotopic (exact) mass is 338 g/mol. The second-order valence-electron chi connectivity index (χ2n) is 4.68. The average molecular weight is 338 g/mol. The third kappa shape index (κ3) is 2.77. The lowest BCUT2D eigenvalue weighted by molar-refractivity contribution is 0.0523. The normalized spacial score (nSPS) is 10.8. The van der Waals surface area contributed by atoms with Crippen LogP contribution in [-0.2, 0) is 11.8 Å². The lowest BCUT2D eigenvalue weighted by Crippen LogP contribution is -2.19. The fourth-order valence-electron chi connectivity index (χ4n) is 2.15. The van der Waals surface area contributed by atoms with E-state index in [1.54, 1.807) is 27.2 Å². The number of aromatic nitrogens is 4. The molecule has 0 saturated heterocycles. The summed E-state index contributed by atoms with van der Waals surface area (Å²) in [6.07, 6.45) is 1.73. The number of aryl methyl sites for hydroxylation is 2. The number of carbonyl (C=O) groups excluding carboxylic acids is 2. The lowest BCUT2D eigenvalue weighted by atomic mass is 10.2. The first-order valence-corrected chi connectivity index (χ1v) is 7.99. The van der Waals surface area contributed by atoms with E-state index in [-0.39, 0.29) is 29.4 Å². The highest BCUT2D eigenvalue weighted by molar-refractivity contribution is 7.98. The summed E-state index contributed by atoms with van der Waals surface area (Å²) in [6.45, 7) is 3.53. The van der Waals surface area contributed by atoms with Crippen molar-refractivity contribution in [3.63, 3.8) is 0 Å². The van der Waals surface area contributed by atoms with Gasteiger partial charge in [-0.25, -0.2) is 4.79 Å². The Morgan fingerprint density at radius 2 is 1.87 bits per heavy atom. The SMILES string of the molecule is CCOC(=O)c1c(SC)nn(C(=O)c2c(C)nn(C)c2N)c1N. The molecule has 9 nitrogen and oxygen atoms in total. The maximum absolute atomic E-state index is 12.7. The number of carbonyl (C=O) groups is 2. The van der Waals surface area contributed by atoms with Crippen molar-refractivity contribution in [2.45, 2.75) is 18.9 Å². The van der Waals surface area contributed by atoms with Crippen molar-refractivity contribution < 1.29 is 14.3 Å². The Labute approximate surface area is 136 Å². The zero-order valence-corrected chi connectivity index (χ0v) is 14.1. The van der Waals surface area contributed by atoms with Crippen LogP contribution in [0.25, 0.3) is 0 Å². The van der Waals surface area contributed by atoms with E-state index in [4.69, 9.17) is 16.2 Å². The molecule has 0 unspecified atom stereocenters. The number of hydrogen-bond acceptors (Lipinski definition) is 8. The molecule has 0 spiro atoms. The zero-order valence-electron chi connectivity index (χ0n) is 13.3. The number of esters is 1. The van der Waals surface area contributed by atoms with Crippen LogP contribution in [-0.4, -0.2) is 44.3 Å². The number of thioether (sulfide) groups is 1. The summed E-state index contributed by atoms with van der Waals surface area (Å²) in [5.74, 6) is -1.05. The van der Waals surface area contributed by atoms with Crippen molar-refractivity contribution in [3.8, 4) is 0 Å². The smallest absolute Gasteiger partial charge is 0.344 e. The predicted octanol–water partition coefficient (Wildman–Crippen LogP) is 0.677. The summed E-state index contributed by atoms with van der Waals surface area (Å²) in [5, 5.41) is 8.52. The molecule has 0 saturated carbocycles. The fraction of sp³-hybridized carbons (Fsp3) is 0.385. The van der Waals surface area contributed by atoms with E-state index in [0.29, 0.717) is 10.7 Å². The van der Waals surface area contributed by atoms with Gasteiger partial charge in [0.15, 0.2) is 0 Å². The van der Waals surface area contributed by atoms with Crippen molar-refractivity contribution in [1.82, 2.24) is 19.6 Å². The maximum Gasteiger partial charge on any atom is 0.344 e. The second kappa shape index (κ2) is 6.32. The van der Waals surface area contributed by atoms with Crippen LogP contribution in [0.5, 0.6) is 0 Å². The number of hydrogen-bond donors (Lipinski definition) is 2.